The molecule has 0 spiro atoms. The Morgan fingerprint density at radius 1 is 0.848 bits per heavy atom. The van der Waals surface area contributed by atoms with Crippen molar-refractivity contribution in [3.05, 3.63) is 54.1 Å². The van der Waals surface area contributed by atoms with E-state index in [0.29, 0.717) is 18.0 Å². The number of rotatable bonds is 13. The summed E-state index contributed by atoms with van der Waals surface area (Å²) < 4.78 is 35.5. The number of unbranched alkanes of at least 4 members (excludes halogenated alkanes) is 5. The smallest absolute Gasteiger partial charge is 0.265 e. The molecule has 0 aliphatic heterocycles. The van der Waals surface area contributed by atoms with E-state index in [0.717, 1.165) is 24.8 Å². The van der Waals surface area contributed by atoms with Gasteiger partial charge in [0.25, 0.3) is 10.0 Å². The molecule has 0 unspecified atom stereocenters. The lowest BCUT2D eigenvalue weighted by Gasteiger charge is -2.33. The molecule has 2 aromatic carbocycles. The number of ether oxygens (including phenoxy) is 1. The fraction of sp³-hybridized carbons (Fsp3) is 0.571. The Hall–Kier alpha value is -2.01. The molecule has 0 radical (unpaired) electrons. The van der Waals surface area contributed by atoms with E-state index >= 15 is 0 Å². The van der Waals surface area contributed by atoms with E-state index in [4.69, 9.17) is 4.74 Å². The number of benzene rings is 2. The molecule has 2 rings (SSSR count). The Kier molecular flexibility index (Phi) is 9.84. The maximum atomic E-state index is 13.4. The zero-order chi connectivity index (χ0) is 24.5. The van der Waals surface area contributed by atoms with E-state index in [1.54, 1.807) is 18.2 Å². The van der Waals surface area contributed by atoms with E-state index in [9.17, 15) is 8.42 Å². The molecule has 0 aliphatic rings. The Balaban J connectivity index is 2.29. The first-order valence-corrected chi connectivity index (χ1v) is 13.8. The van der Waals surface area contributed by atoms with E-state index in [-0.39, 0.29) is 15.7 Å². The van der Waals surface area contributed by atoms with Crippen molar-refractivity contribution in [3.63, 3.8) is 0 Å². The molecule has 0 saturated heterocycles. The third-order valence-corrected chi connectivity index (χ3v) is 7.17. The van der Waals surface area contributed by atoms with Crippen LogP contribution in [-0.2, 0) is 15.4 Å². The van der Waals surface area contributed by atoms with Crippen LogP contribution in [0.1, 0.15) is 92.1 Å². The van der Waals surface area contributed by atoms with Gasteiger partial charge in [0, 0.05) is 5.69 Å². The molecule has 2 aromatic rings. The lowest BCUT2D eigenvalue weighted by Crippen LogP contribution is -2.25. The van der Waals surface area contributed by atoms with Gasteiger partial charge in [0.05, 0.1) is 6.61 Å². The van der Waals surface area contributed by atoms with Crippen LogP contribution < -0.4 is 9.46 Å². The minimum atomic E-state index is -3.80. The fourth-order valence-corrected chi connectivity index (χ4v) is 5.70. The van der Waals surface area contributed by atoms with Crippen molar-refractivity contribution in [2.24, 2.45) is 5.41 Å². The topological polar surface area (TPSA) is 55.4 Å². The quantitative estimate of drug-likeness (QED) is 0.300. The normalized spacial score (nSPS) is 12.5. The van der Waals surface area contributed by atoms with E-state index < -0.39 is 10.0 Å². The average Bonchev–Trinajstić information content (AvgIpc) is 2.72. The van der Waals surface area contributed by atoms with Crippen LogP contribution in [0.4, 0.5) is 5.69 Å². The third kappa shape index (κ3) is 9.04. The highest BCUT2D eigenvalue weighted by Gasteiger charge is 2.30. The largest absolute Gasteiger partial charge is 0.492 e. The van der Waals surface area contributed by atoms with Gasteiger partial charge < -0.3 is 4.74 Å². The van der Waals surface area contributed by atoms with Crippen molar-refractivity contribution in [2.75, 3.05) is 11.3 Å². The molecule has 0 fully saturated rings. The predicted octanol–water partition coefficient (Wildman–Crippen LogP) is 7.94. The molecule has 4 nitrogen and oxygen atoms in total. The SMILES string of the molecule is CCCCCCCCOc1ccc(C(C)(C)CC(C)(C)C)cc1S(=O)(=O)Nc1ccccc1. The Labute approximate surface area is 202 Å². The molecule has 0 aliphatic carbocycles. The first-order valence-electron chi connectivity index (χ1n) is 12.3. The van der Waals surface area contributed by atoms with Gasteiger partial charge in [0.15, 0.2) is 0 Å². The summed E-state index contributed by atoms with van der Waals surface area (Å²) in [4.78, 5) is 0.205. The van der Waals surface area contributed by atoms with E-state index in [1.165, 1.54) is 25.7 Å². The second kappa shape index (κ2) is 11.9. The molecular weight excluding hydrogens is 430 g/mol. The first kappa shape index (κ1) is 27.2. The number of para-hydroxylation sites is 1. The van der Waals surface area contributed by atoms with Gasteiger partial charge in [-0.3, -0.25) is 4.72 Å². The molecule has 0 aromatic heterocycles. The summed E-state index contributed by atoms with van der Waals surface area (Å²) in [7, 11) is -3.80. The van der Waals surface area contributed by atoms with Crippen LogP contribution in [0.25, 0.3) is 0 Å². The monoisotopic (exact) mass is 473 g/mol. The van der Waals surface area contributed by atoms with Gasteiger partial charge in [-0.2, -0.15) is 0 Å². The van der Waals surface area contributed by atoms with Crippen LogP contribution >= 0.6 is 0 Å². The van der Waals surface area contributed by atoms with Gasteiger partial charge in [-0.25, -0.2) is 8.42 Å². The molecule has 33 heavy (non-hydrogen) atoms. The maximum absolute atomic E-state index is 13.4. The van der Waals surface area contributed by atoms with Crippen LogP contribution in [-0.4, -0.2) is 15.0 Å². The summed E-state index contributed by atoms with van der Waals surface area (Å²) in [6.07, 6.45) is 7.88. The zero-order valence-corrected chi connectivity index (χ0v) is 22.2. The first-order chi connectivity index (χ1) is 15.4. The number of hydrogen-bond acceptors (Lipinski definition) is 3. The van der Waals surface area contributed by atoms with Gasteiger partial charge in [-0.15, -0.1) is 0 Å². The molecule has 0 amide bonds. The summed E-state index contributed by atoms with van der Waals surface area (Å²) in [5, 5.41) is 0. The van der Waals surface area contributed by atoms with Gasteiger partial charge in [0.1, 0.15) is 10.6 Å². The molecule has 5 heteroatoms. The lowest BCUT2D eigenvalue weighted by molar-refractivity contribution is 0.281. The van der Waals surface area contributed by atoms with Gasteiger partial charge in [-0.05, 0) is 53.5 Å². The number of sulfonamides is 1. The summed E-state index contributed by atoms with van der Waals surface area (Å²) >= 11 is 0. The molecule has 184 valence electrons. The third-order valence-electron chi connectivity index (χ3n) is 5.77. The highest BCUT2D eigenvalue weighted by molar-refractivity contribution is 7.92. The second-order valence-corrected chi connectivity index (χ2v) is 12.5. The minimum absolute atomic E-state index is 0.123. The van der Waals surface area contributed by atoms with Crippen molar-refractivity contribution in [1.82, 2.24) is 0 Å². The maximum Gasteiger partial charge on any atom is 0.265 e. The van der Waals surface area contributed by atoms with Gasteiger partial charge in [0.2, 0.25) is 0 Å². The highest BCUT2D eigenvalue weighted by atomic mass is 32.2. The van der Waals surface area contributed by atoms with Crippen LogP contribution in [0.2, 0.25) is 0 Å². The molecule has 0 atom stereocenters. The van der Waals surface area contributed by atoms with E-state index in [2.05, 4.69) is 46.3 Å². The molecule has 0 heterocycles. The number of hydrogen-bond donors (Lipinski definition) is 1. The van der Waals surface area contributed by atoms with Crippen LogP contribution in [0.15, 0.2) is 53.4 Å². The Morgan fingerprint density at radius 3 is 2.12 bits per heavy atom. The van der Waals surface area contributed by atoms with Crippen LogP contribution in [0.5, 0.6) is 5.75 Å². The van der Waals surface area contributed by atoms with Gasteiger partial charge >= 0.3 is 0 Å². The summed E-state index contributed by atoms with van der Waals surface area (Å²) in [6, 6.07) is 14.6. The van der Waals surface area contributed by atoms with Gasteiger partial charge in [-0.1, -0.05) is 97.9 Å². The number of anilines is 1. The highest BCUT2D eigenvalue weighted by Crippen LogP contribution is 2.39. The summed E-state index contributed by atoms with van der Waals surface area (Å²) in [5.41, 5.74) is 1.49. The summed E-state index contributed by atoms with van der Waals surface area (Å²) in [5.74, 6) is 0.419. The molecular formula is C28H43NO3S. The summed E-state index contributed by atoms with van der Waals surface area (Å²) in [6.45, 7) is 13.7. The molecule has 0 bridgehead atoms. The number of nitrogens with one attached hydrogen (secondary N) is 1. The standard InChI is InChI=1S/C28H43NO3S/c1-7-8-9-10-11-15-20-32-25-19-18-23(28(5,6)22-27(2,3)4)21-26(25)33(30,31)29-24-16-13-12-14-17-24/h12-14,16-19,21,29H,7-11,15,20,22H2,1-6H3. The van der Waals surface area contributed by atoms with Crippen molar-refractivity contribution >= 4 is 15.7 Å². The van der Waals surface area contributed by atoms with Crippen LogP contribution in [0.3, 0.4) is 0 Å². The molecule has 1 N–H and O–H groups in total. The average molecular weight is 474 g/mol. The minimum Gasteiger partial charge on any atom is -0.492 e. The van der Waals surface area contributed by atoms with E-state index in [1.807, 2.05) is 30.3 Å². The Bertz CT molecular complexity index is 960. The van der Waals surface area contributed by atoms with Crippen molar-refractivity contribution in [2.45, 2.75) is 96.8 Å². The Morgan fingerprint density at radius 2 is 1.48 bits per heavy atom. The van der Waals surface area contributed by atoms with Crippen molar-refractivity contribution in [1.29, 1.82) is 0 Å². The molecule has 0 saturated carbocycles. The van der Waals surface area contributed by atoms with Crippen molar-refractivity contribution < 1.29 is 13.2 Å². The predicted molar refractivity (Wildman–Crippen MR) is 140 cm³/mol. The lowest BCUT2D eigenvalue weighted by atomic mass is 9.72. The fourth-order valence-electron chi connectivity index (χ4n) is 4.47. The zero-order valence-electron chi connectivity index (χ0n) is 21.4. The van der Waals surface area contributed by atoms with Crippen LogP contribution in [0, 0.1) is 5.41 Å². The van der Waals surface area contributed by atoms with Crippen molar-refractivity contribution in [3.8, 4) is 5.75 Å². The second-order valence-electron chi connectivity index (χ2n) is 10.9.